The van der Waals surface area contributed by atoms with Gasteiger partial charge in [-0.25, -0.2) is 0 Å². The number of ketones is 1. The van der Waals surface area contributed by atoms with Crippen LogP contribution in [-0.2, 0) is 0 Å². The summed E-state index contributed by atoms with van der Waals surface area (Å²) in [5.41, 5.74) is 1.53. The minimum Gasteiger partial charge on any atom is -0.316 e. The molecule has 1 aliphatic heterocycles. The first kappa shape index (κ1) is 12.6. The summed E-state index contributed by atoms with van der Waals surface area (Å²) in [5, 5.41) is 3.96. The SMILES string of the molecule is CCC1(C(=O)c2ccc(C)c(Cl)c2)CCNC1. The average molecular weight is 252 g/mol. The van der Waals surface area contributed by atoms with Gasteiger partial charge in [-0.1, -0.05) is 30.7 Å². The van der Waals surface area contributed by atoms with Crippen molar-refractivity contribution in [1.82, 2.24) is 5.32 Å². The van der Waals surface area contributed by atoms with E-state index in [1.54, 1.807) is 6.07 Å². The van der Waals surface area contributed by atoms with Crippen LogP contribution in [0.15, 0.2) is 18.2 Å². The molecule has 3 heteroatoms. The van der Waals surface area contributed by atoms with Gasteiger partial charge in [0.25, 0.3) is 0 Å². The van der Waals surface area contributed by atoms with Crippen molar-refractivity contribution >= 4 is 17.4 Å². The standard InChI is InChI=1S/C14H18ClNO/c1-3-14(6-7-16-9-14)13(17)11-5-4-10(2)12(15)8-11/h4-5,8,16H,3,6-7,9H2,1-2H3. The molecule has 1 aliphatic rings. The lowest BCUT2D eigenvalue weighted by atomic mass is 9.77. The van der Waals surface area contributed by atoms with E-state index in [-0.39, 0.29) is 11.2 Å². The van der Waals surface area contributed by atoms with Gasteiger partial charge in [-0.05, 0) is 37.9 Å². The number of aryl methyl sites for hydroxylation is 1. The fourth-order valence-corrected chi connectivity index (χ4v) is 2.62. The molecule has 1 heterocycles. The van der Waals surface area contributed by atoms with Gasteiger partial charge in [-0.15, -0.1) is 0 Å². The smallest absolute Gasteiger partial charge is 0.170 e. The predicted molar refractivity (Wildman–Crippen MR) is 70.7 cm³/mol. The zero-order valence-electron chi connectivity index (χ0n) is 10.3. The normalized spacial score (nSPS) is 23.9. The summed E-state index contributed by atoms with van der Waals surface area (Å²) in [7, 11) is 0. The molecule has 17 heavy (non-hydrogen) atoms. The van der Waals surface area contributed by atoms with Crippen molar-refractivity contribution in [3.8, 4) is 0 Å². The molecule has 1 atom stereocenters. The van der Waals surface area contributed by atoms with Gasteiger partial charge >= 0.3 is 0 Å². The van der Waals surface area contributed by atoms with Crippen LogP contribution in [0.3, 0.4) is 0 Å². The van der Waals surface area contributed by atoms with Crippen LogP contribution in [0, 0.1) is 12.3 Å². The Balaban J connectivity index is 2.32. The molecule has 1 saturated heterocycles. The van der Waals surface area contributed by atoms with Crippen molar-refractivity contribution in [3.05, 3.63) is 34.3 Å². The number of hydrogen-bond donors (Lipinski definition) is 1. The molecule has 0 aromatic heterocycles. The lowest BCUT2D eigenvalue weighted by molar-refractivity contribution is 0.0810. The maximum absolute atomic E-state index is 12.6. The fourth-order valence-electron chi connectivity index (χ4n) is 2.44. The number of carbonyl (C=O) groups excluding carboxylic acids is 1. The van der Waals surface area contributed by atoms with Crippen molar-refractivity contribution < 1.29 is 4.79 Å². The number of rotatable bonds is 3. The van der Waals surface area contributed by atoms with E-state index < -0.39 is 0 Å². The lowest BCUT2D eigenvalue weighted by Gasteiger charge is -2.25. The summed E-state index contributed by atoms with van der Waals surface area (Å²) in [6, 6.07) is 5.61. The predicted octanol–water partition coefficient (Wildman–Crippen LogP) is 3.22. The first-order valence-corrected chi connectivity index (χ1v) is 6.48. The maximum Gasteiger partial charge on any atom is 0.170 e. The van der Waals surface area contributed by atoms with Crippen LogP contribution in [-0.4, -0.2) is 18.9 Å². The van der Waals surface area contributed by atoms with Gasteiger partial charge in [0, 0.05) is 22.5 Å². The Kier molecular flexibility index (Phi) is 3.55. The van der Waals surface area contributed by atoms with Crippen LogP contribution in [0.5, 0.6) is 0 Å². The topological polar surface area (TPSA) is 29.1 Å². The van der Waals surface area contributed by atoms with Gasteiger partial charge in [0.2, 0.25) is 0 Å². The molecule has 1 aromatic carbocycles. The number of Topliss-reactive ketones (excluding diaryl/α,β-unsaturated/α-hetero) is 1. The van der Waals surface area contributed by atoms with E-state index in [1.165, 1.54) is 0 Å². The lowest BCUT2D eigenvalue weighted by Crippen LogP contribution is -2.32. The third-order valence-corrected chi connectivity index (χ3v) is 4.24. The molecular formula is C14H18ClNO. The minimum atomic E-state index is -0.224. The second-order valence-electron chi connectivity index (χ2n) is 4.85. The molecule has 0 bridgehead atoms. The third kappa shape index (κ3) is 2.24. The molecule has 0 radical (unpaired) electrons. The highest BCUT2D eigenvalue weighted by molar-refractivity contribution is 6.31. The zero-order valence-corrected chi connectivity index (χ0v) is 11.1. The van der Waals surface area contributed by atoms with Gasteiger partial charge in [0.1, 0.15) is 0 Å². The maximum atomic E-state index is 12.6. The monoisotopic (exact) mass is 251 g/mol. The molecule has 2 rings (SSSR count). The molecular weight excluding hydrogens is 234 g/mol. The molecule has 0 aliphatic carbocycles. The van der Waals surface area contributed by atoms with Gasteiger partial charge in [0.05, 0.1) is 0 Å². The molecule has 0 spiro atoms. The Morgan fingerprint density at radius 2 is 2.29 bits per heavy atom. The molecule has 0 saturated carbocycles. The highest BCUT2D eigenvalue weighted by Gasteiger charge is 2.39. The molecule has 92 valence electrons. The van der Waals surface area contributed by atoms with E-state index in [2.05, 4.69) is 12.2 Å². The highest BCUT2D eigenvalue weighted by atomic mass is 35.5. The van der Waals surface area contributed by atoms with E-state index in [0.29, 0.717) is 5.02 Å². The first-order chi connectivity index (χ1) is 8.09. The number of hydrogen-bond acceptors (Lipinski definition) is 2. The number of nitrogens with one attached hydrogen (secondary N) is 1. The quantitative estimate of drug-likeness (QED) is 0.836. The average Bonchev–Trinajstić information content (AvgIpc) is 2.81. The van der Waals surface area contributed by atoms with Crippen LogP contribution in [0.1, 0.15) is 35.7 Å². The van der Waals surface area contributed by atoms with E-state index in [1.807, 2.05) is 19.1 Å². The first-order valence-electron chi connectivity index (χ1n) is 6.11. The Morgan fingerprint density at radius 3 is 2.82 bits per heavy atom. The van der Waals surface area contributed by atoms with Crippen molar-refractivity contribution in [2.24, 2.45) is 5.41 Å². The fraction of sp³-hybridized carbons (Fsp3) is 0.500. The van der Waals surface area contributed by atoms with Gasteiger partial charge < -0.3 is 5.32 Å². The molecule has 1 fully saturated rings. The minimum absolute atomic E-state index is 0.224. The summed E-state index contributed by atoms with van der Waals surface area (Å²) in [6.45, 7) is 5.75. The molecule has 1 aromatic rings. The van der Waals surface area contributed by atoms with Gasteiger partial charge in [-0.2, -0.15) is 0 Å². The molecule has 1 N–H and O–H groups in total. The third-order valence-electron chi connectivity index (χ3n) is 3.84. The number of halogens is 1. The van der Waals surface area contributed by atoms with Crippen molar-refractivity contribution in [2.75, 3.05) is 13.1 Å². The van der Waals surface area contributed by atoms with E-state index in [9.17, 15) is 4.79 Å². The second-order valence-corrected chi connectivity index (χ2v) is 5.26. The Bertz CT molecular complexity index is 436. The zero-order chi connectivity index (χ0) is 12.5. The summed E-state index contributed by atoms with van der Waals surface area (Å²) >= 11 is 6.09. The Morgan fingerprint density at radius 1 is 1.53 bits per heavy atom. The number of benzene rings is 1. The molecule has 1 unspecified atom stereocenters. The molecule has 0 amide bonds. The summed E-state index contributed by atoms with van der Waals surface area (Å²) in [6.07, 6.45) is 1.80. The number of carbonyl (C=O) groups is 1. The largest absolute Gasteiger partial charge is 0.316 e. The van der Waals surface area contributed by atoms with Crippen molar-refractivity contribution in [2.45, 2.75) is 26.7 Å². The van der Waals surface area contributed by atoms with Crippen LogP contribution >= 0.6 is 11.6 Å². The molecule has 2 nitrogen and oxygen atoms in total. The van der Waals surface area contributed by atoms with Gasteiger partial charge in [0.15, 0.2) is 5.78 Å². The second kappa shape index (κ2) is 4.79. The van der Waals surface area contributed by atoms with Crippen LogP contribution in [0.2, 0.25) is 5.02 Å². The van der Waals surface area contributed by atoms with Crippen LogP contribution in [0.4, 0.5) is 0 Å². The summed E-state index contributed by atoms with van der Waals surface area (Å²) in [5.74, 6) is 0.229. The Labute approximate surface area is 107 Å². The summed E-state index contributed by atoms with van der Waals surface area (Å²) < 4.78 is 0. The van der Waals surface area contributed by atoms with Crippen molar-refractivity contribution in [3.63, 3.8) is 0 Å². The summed E-state index contributed by atoms with van der Waals surface area (Å²) in [4.78, 5) is 12.6. The van der Waals surface area contributed by atoms with Crippen LogP contribution in [0.25, 0.3) is 0 Å². The van der Waals surface area contributed by atoms with Crippen molar-refractivity contribution in [1.29, 1.82) is 0 Å². The van der Waals surface area contributed by atoms with E-state index in [0.717, 1.165) is 37.1 Å². The van der Waals surface area contributed by atoms with Crippen LogP contribution < -0.4 is 5.32 Å². The van der Waals surface area contributed by atoms with E-state index >= 15 is 0 Å². The van der Waals surface area contributed by atoms with Gasteiger partial charge in [-0.3, -0.25) is 4.79 Å². The Hall–Kier alpha value is -0.860. The van der Waals surface area contributed by atoms with E-state index in [4.69, 9.17) is 11.6 Å². The highest BCUT2D eigenvalue weighted by Crippen LogP contribution is 2.34.